The van der Waals surface area contributed by atoms with Gasteiger partial charge in [-0.2, -0.15) is 0 Å². The average molecular weight is 410 g/mol. The molecule has 158 valence electrons. The average Bonchev–Trinajstić information content (AvgIpc) is 3.15. The quantitative estimate of drug-likeness (QED) is 0.622. The summed E-state index contributed by atoms with van der Waals surface area (Å²) in [7, 11) is 1.82. The number of alkyl halides is 1. The summed E-state index contributed by atoms with van der Waals surface area (Å²) in [5.41, 5.74) is 0.583. The van der Waals surface area contributed by atoms with Gasteiger partial charge in [0.25, 0.3) is 0 Å². The zero-order valence-corrected chi connectivity index (χ0v) is 17.8. The summed E-state index contributed by atoms with van der Waals surface area (Å²) in [6.45, 7) is 6.53. The van der Waals surface area contributed by atoms with Gasteiger partial charge in [0.1, 0.15) is 5.69 Å². The number of benzene rings is 1. The van der Waals surface area contributed by atoms with Gasteiger partial charge < -0.3 is 4.90 Å². The van der Waals surface area contributed by atoms with Crippen molar-refractivity contribution in [3.05, 3.63) is 42.4 Å². The van der Waals surface area contributed by atoms with E-state index in [1.807, 2.05) is 37.5 Å². The predicted octanol–water partition coefficient (Wildman–Crippen LogP) is 3.60. The van der Waals surface area contributed by atoms with Crippen LogP contribution in [0, 0.1) is 5.92 Å². The molecule has 0 aliphatic carbocycles. The highest BCUT2D eigenvalue weighted by Crippen LogP contribution is 2.30. The molecule has 0 saturated carbocycles. The van der Waals surface area contributed by atoms with Gasteiger partial charge in [-0.25, -0.2) is 4.39 Å². The Labute approximate surface area is 176 Å². The van der Waals surface area contributed by atoms with E-state index in [9.17, 15) is 4.79 Å². The van der Waals surface area contributed by atoms with E-state index >= 15 is 4.39 Å². The maximum atomic E-state index is 15.3. The van der Waals surface area contributed by atoms with Crippen LogP contribution in [0.1, 0.15) is 32.4 Å². The zero-order valence-electron chi connectivity index (χ0n) is 17.8. The Morgan fingerprint density at radius 3 is 2.63 bits per heavy atom. The van der Waals surface area contributed by atoms with Gasteiger partial charge in [0.05, 0.1) is 12.6 Å². The molecule has 2 aromatic heterocycles. The van der Waals surface area contributed by atoms with Crippen LogP contribution >= 0.6 is 0 Å². The number of pyridine rings is 1. The van der Waals surface area contributed by atoms with Crippen molar-refractivity contribution in [1.82, 2.24) is 24.9 Å². The molecule has 1 aliphatic rings. The lowest BCUT2D eigenvalue weighted by molar-refractivity contribution is -0.133. The van der Waals surface area contributed by atoms with E-state index in [4.69, 9.17) is 0 Å². The van der Waals surface area contributed by atoms with Crippen LogP contribution < -0.4 is 0 Å². The molecule has 0 unspecified atom stereocenters. The Morgan fingerprint density at radius 2 is 1.97 bits per heavy atom. The normalized spacial score (nSPS) is 17.0. The molecular weight excluding hydrogens is 381 g/mol. The third-order valence-corrected chi connectivity index (χ3v) is 5.79. The van der Waals surface area contributed by atoms with Crippen LogP contribution in [0.25, 0.3) is 22.0 Å². The lowest BCUT2D eigenvalue weighted by atomic mass is 9.86. The van der Waals surface area contributed by atoms with Crippen LogP contribution in [0.5, 0.6) is 0 Å². The molecule has 1 saturated heterocycles. The summed E-state index contributed by atoms with van der Waals surface area (Å²) in [5.74, 6) is 0.185. The maximum Gasteiger partial charge on any atom is 0.175 e. The van der Waals surface area contributed by atoms with Gasteiger partial charge >= 0.3 is 0 Å². The van der Waals surface area contributed by atoms with E-state index in [2.05, 4.69) is 34.0 Å². The first kappa shape index (κ1) is 20.6. The molecule has 6 nitrogen and oxygen atoms in total. The number of carbonyl (C=O) groups is 1. The van der Waals surface area contributed by atoms with E-state index in [1.165, 1.54) is 0 Å². The number of aromatic nitrogens is 4. The summed E-state index contributed by atoms with van der Waals surface area (Å²) in [5, 5.41) is 10.0. The van der Waals surface area contributed by atoms with Gasteiger partial charge in [0.2, 0.25) is 0 Å². The lowest BCUT2D eigenvalue weighted by Crippen LogP contribution is -2.47. The van der Waals surface area contributed by atoms with Gasteiger partial charge in [0.15, 0.2) is 11.5 Å². The van der Waals surface area contributed by atoms with Crippen LogP contribution in [0.4, 0.5) is 4.39 Å². The third-order valence-electron chi connectivity index (χ3n) is 5.79. The number of hydrogen-bond acceptors (Lipinski definition) is 5. The molecule has 3 heterocycles. The highest BCUT2D eigenvalue weighted by molar-refractivity contribution is 5.91. The van der Waals surface area contributed by atoms with Crippen LogP contribution in [-0.2, 0) is 18.3 Å². The van der Waals surface area contributed by atoms with Crippen molar-refractivity contribution < 1.29 is 9.18 Å². The number of piperidine rings is 1. The second-order valence-electron chi connectivity index (χ2n) is 8.77. The number of rotatable bonds is 6. The van der Waals surface area contributed by atoms with Crippen LogP contribution in [0.15, 0.2) is 36.7 Å². The highest BCUT2D eigenvalue weighted by Gasteiger charge is 2.41. The van der Waals surface area contributed by atoms with Crippen LogP contribution in [0.2, 0.25) is 0 Å². The number of likely N-dealkylation sites (tertiary alicyclic amines) is 1. The fourth-order valence-corrected chi connectivity index (χ4v) is 4.13. The summed E-state index contributed by atoms with van der Waals surface area (Å²) >= 11 is 0. The topological polar surface area (TPSA) is 63.9 Å². The molecule has 0 atom stereocenters. The van der Waals surface area contributed by atoms with Crippen molar-refractivity contribution in [3.8, 4) is 11.3 Å². The minimum atomic E-state index is -1.74. The van der Waals surface area contributed by atoms with Gasteiger partial charge in [-0.05, 0) is 23.4 Å². The van der Waals surface area contributed by atoms with Crippen molar-refractivity contribution >= 4 is 16.6 Å². The molecule has 0 radical (unpaired) electrons. The van der Waals surface area contributed by atoms with E-state index < -0.39 is 5.67 Å². The fourth-order valence-electron chi connectivity index (χ4n) is 4.13. The van der Waals surface area contributed by atoms with E-state index in [0.29, 0.717) is 24.7 Å². The van der Waals surface area contributed by atoms with Crippen molar-refractivity contribution in [2.45, 2.75) is 38.8 Å². The van der Waals surface area contributed by atoms with Gasteiger partial charge in [-0.15, -0.1) is 5.10 Å². The Kier molecular flexibility index (Phi) is 5.64. The molecule has 0 spiro atoms. The Hall–Kier alpha value is -2.67. The minimum absolute atomic E-state index is 0.0198. The molecule has 1 fully saturated rings. The van der Waals surface area contributed by atoms with Crippen LogP contribution in [-0.4, -0.2) is 56.0 Å². The molecule has 0 N–H and O–H groups in total. The van der Waals surface area contributed by atoms with Gasteiger partial charge in [-0.3, -0.25) is 14.5 Å². The molecule has 30 heavy (non-hydrogen) atoms. The third kappa shape index (κ3) is 4.41. The minimum Gasteiger partial charge on any atom is -0.303 e. The number of aryl methyl sites for hydroxylation is 1. The molecule has 4 rings (SSSR count). The van der Waals surface area contributed by atoms with Crippen molar-refractivity contribution in [2.75, 3.05) is 19.6 Å². The molecular formula is C23H28FN5O. The van der Waals surface area contributed by atoms with Gasteiger partial charge in [-0.1, -0.05) is 31.2 Å². The number of hydrogen-bond donors (Lipinski definition) is 0. The number of carbonyl (C=O) groups excluding carboxylic acids is 1. The summed E-state index contributed by atoms with van der Waals surface area (Å²) in [4.78, 5) is 19.4. The monoisotopic (exact) mass is 409 g/mol. The largest absolute Gasteiger partial charge is 0.303 e. The Balaban J connectivity index is 1.48. The smallest absolute Gasteiger partial charge is 0.175 e. The van der Waals surface area contributed by atoms with Crippen molar-refractivity contribution in [3.63, 3.8) is 0 Å². The van der Waals surface area contributed by atoms with E-state index in [0.717, 1.165) is 28.6 Å². The number of halogens is 1. The van der Waals surface area contributed by atoms with Crippen molar-refractivity contribution in [1.29, 1.82) is 0 Å². The second-order valence-corrected chi connectivity index (χ2v) is 8.77. The standard InChI is InChI=1S/C23H28FN5O/c1-16(2)14-29-8-6-23(24,7-9-29)22(30)12-20-11-19-10-17(4-5-18(19)13-25-20)21-15-28(3)27-26-21/h4-5,10-11,13,15-16H,6-9,12,14H2,1-3H3. The second kappa shape index (κ2) is 8.22. The first-order valence-corrected chi connectivity index (χ1v) is 10.5. The van der Waals surface area contributed by atoms with Crippen molar-refractivity contribution in [2.24, 2.45) is 13.0 Å². The fraction of sp³-hybridized carbons (Fsp3) is 0.478. The molecule has 7 heteroatoms. The number of ketones is 1. The Morgan fingerprint density at radius 1 is 1.20 bits per heavy atom. The molecule has 0 amide bonds. The highest BCUT2D eigenvalue weighted by atomic mass is 19.1. The predicted molar refractivity (Wildman–Crippen MR) is 115 cm³/mol. The molecule has 1 aliphatic heterocycles. The molecule has 0 bridgehead atoms. The molecule has 3 aromatic rings. The SMILES string of the molecule is CC(C)CN1CCC(F)(C(=O)Cc2cc3cc(-c4cn(C)nn4)ccc3cn2)CC1. The molecule has 1 aromatic carbocycles. The van der Waals surface area contributed by atoms with E-state index in [-0.39, 0.29) is 25.0 Å². The Bertz CT molecular complexity index is 1050. The number of Topliss-reactive ketones (excluding diaryl/α,β-unsaturated/α-hetero) is 1. The lowest BCUT2D eigenvalue weighted by Gasteiger charge is -2.36. The van der Waals surface area contributed by atoms with Crippen LogP contribution in [0.3, 0.4) is 0 Å². The summed E-state index contributed by atoms with van der Waals surface area (Å²) < 4.78 is 17.0. The number of fused-ring (bicyclic) bond motifs is 1. The summed E-state index contributed by atoms with van der Waals surface area (Å²) in [6.07, 6.45) is 4.15. The maximum absolute atomic E-state index is 15.3. The van der Waals surface area contributed by atoms with E-state index in [1.54, 1.807) is 10.9 Å². The zero-order chi connectivity index (χ0) is 21.3. The number of nitrogens with zero attached hydrogens (tertiary/aromatic N) is 5. The van der Waals surface area contributed by atoms with Gasteiger partial charge in [0, 0.05) is 62.4 Å². The summed E-state index contributed by atoms with van der Waals surface area (Å²) in [6, 6.07) is 7.83. The first-order chi connectivity index (χ1) is 14.3. The first-order valence-electron chi connectivity index (χ1n) is 10.5.